The molecule has 0 saturated carbocycles. The lowest BCUT2D eigenvalue weighted by Crippen LogP contribution is -2.21. The van der Waals surface area contributed by atoms with Crippen LogP contribution in [0.15, 0.2) is 73.1 Å². The third-order valence-corrected chi connectivity index (χ3v) is 5.62. The molecule has 2 heterocycles. The Kier molecular flexibility index (Phi) is 7.12. The van der Waals surface area contributed by atoms with Gasteiger partial charge in [0.05, 0.1) is 0 Å². The summed E-state index contributed by atoms with van der Waals surface area (Å²) in [5.74, 6) is 2.67. The Balaban J connectivity index is 1.49. The first-order valence-electron chi connectivity index (χ1n) is 10.7. The summed E-state index contributed by atoms with van der Waals surface area (Å²) in [7, 11) is 1.92. The van der Waals surface area contributed by atoms with Gasteiger partial charge in [0, 0.05) is 42.6 Å². The molecule has 2 aromatic carbocycles. The molecule has 33 heavy (non-hydrogen) atoms. The van der Waals surface area contributed by atoms with Gasteiger partial charge in [-0.05, 0) is 42.7 Å². The van der Waals surface area contributed by atoms with E-state index in [1.807, 2.05) is 72.6 Å². The highest BCUT2D eigenvalue weighted by molar-refractivity contribution is 6.31. The van der Waals surface area contributed by atoms with Crippen molar-refractivity contribution in [2.24, 2.45) is 5.73 Å². The summed E-state index contributed by atoms with van der Waals surface area (Å²) in [4.78, 5) is 20.1. The van der Waals surface area contributed by atoms with Gasteiger partial charge in [0.2, 0.25) is 5.95 Å². The van der Waals surface area contributed by atoms with Crippen molar-refractivity contribution >= 4 is 29.2 Å². The van der Waals surface area contributed by atoms with Crippen LogP contribution in [0.25, 0.3) is 11.4 Å². The molecule has 4 rings (SSSR count). The number of rotatable bonds is 8. The number of aromatic nitrogens is 4. The lowest BCUT2D eigenvalue weighted by Gasteiger charge is -2.19. The van der Waals surface area contributed by atoms with E-state index in [-0.39, 0.29) is 6.04 Å². The SMILES string of the molecule is C[C@@H](Cc1cc(CN)ccc1Cl)Nc1nccc(N(C)c2ccnc(-c3ccccc3)n2)n1. The first-order chi connectivity index (χ1) is 16.0. The molecule has 1 atom stereocenters. The van der Waals surface area contributed by atoms with Crippen LogP contribution in [0.4, 0.5) is 17.6 Å². The molecule has 0 spiro atoms. The fourth-order valence-corrected chi connectivity index (χ4v) is 3.69. The van der Waals surface area contributed by atoms with Crippen molar-refractivity contribution in [3.05, 3.63) is 89.2 Å². The Hall–Kier alpha value is -3.55. The van der Waals surface area contributed by atoms with E-state index in [0.29, 0.717) is 18.3 Å². The monoisotopic (exact) mass is 459 g/mol. The molecule has 168 valence electrons. The molecule has 4 aromatic rings. The summed E-state index contributed by atoms with van der Waals surface area (Å²) in [6, 6.07) is 19.6. The van der Waals surface area contributed by atoms with E-state index in [1.165, 1.54) is 0 Å². The van der Waals surface area contributed by atoms with Crippen LogP contribution in [0, 0.1) is 0 Å². The highest BCUT2D eigenvalue weighted by Gasteiger charge is 2.13. The van der Waals surface area contributed by atoms with Crippen LogP contribution in [0.1, 0.15) is 18.1 Å². The second-order valence-corrected chi connectivity index (χ2v) is 8.19. The number of nitrogens with one attached hydrogen (secondary N) is 1. The molecule has 0 aliphatic heterocycles. The third kappa shape index (κ3) is 5.63. The average molecular weight is 460 g/mol. The second kappa shape index (κ2) is 10.4. The van der Waals surface area contributed by atoms with Gasteiger partial charge in [-0.15, -0.1) is 0 Å². The van der Waals surface area contributed by atoms with Gasteiger partial charge in [0.15, 0.2) is 5.82 Å². The standard InChI is InChI=1S/C25H26ClN7/c1-17(14-20-15-18(16-27)8-9-21(20)26)30-25-29-13-11-23(32-25)33(2)22-10-12-28-24(31-22)19-6-4-3-5-7-19/h3-13,15,17H,14,16,27H2,1-2H3,(H,29,30,32)/t17-/m0/s1. The normalized spacial score (nSPS) is 11.8. The van der Waals surface area contributed by atoms with Crippen LogP contribution in [0.3, 0.4) is 0 Å². The smallest absolute Gasteiger partial charge is 0.224 e. The molecule has 0 radical (unpaired) electrons. The maximum atomic E-state index is 6.37. The predicted octanol–water partition coefficient (Wildman–Crippen LogP) is 4.86. The van der Waals surface area contributed by atoms with Crippen molar-refractivity contribution in [1.82, 2.24) is 19.9 Å². The molecule has 0 amide bonds. The molecule has 2 aromatic heterocycles. The third-order valence-electron chi connectivity index (χ3n) is 5.25. The second-order valence-electron chi connectivity index (χ2n) is 7.78. The highest BCUT2D eigenvalue weighted by atomic mass is 35.5. The summed E-state index contributed by atoms with van der Waals surface area (Å²) in [5, 5.41) is 4.10. The Morgan fingerprint density at radius 1 is 0.970 bits per heavy atom. The Labute approximate surface area is 198 Å². The number of benzene rings is 2. The largest absolute Gasteiger partial charge is 0.351 e. The van der Waals surface area contributed by atoms with Gasteiger partial charge in [0.25, 0.3) is 0 Å². The van der Waals surface area contributed by atoms with Crippen molar-refractivity contribution < 1.29 is 0 Å². The molecule has 0 bridgehead atoms. The summed E-state index contributed by atoms with van der Waals surface area (Å²) in [5.41, 5.74) is 8.83. The van der Waals surface area contributed by atoms with E-state index in [4.69, 9.17) is 22.3 Å². The predicted molar refractivity (Wildman–Crippen MR) is 134 cm³/mol. The lowest BCUT2D eigenvalue weighted by atomic mass is 10.0. The van der Waals surface area contributed by atoms with Crippen molar-refractivity contribution in [3.8, 4) is 11.4 Å². The molecule has 8 heteroatoms. The van der Waals surface area contributed by atoms with Crippen molar-refractivity contribution in [2.45, 2.75) is 25.9 Å². The maximum Gasteiger partial charge on any atom is 0.224 e. The molecule has 0 aliphatic rings. The number of nitrogens with two attached hydrogens (primary N) is 1. The van der Waals surface area contributed by atoms with Gasteiger partial charge in [-0.3, -0.25) is 0 Å². The zero-order chi connectivity index (χ0) is 23.2. The topological polar surface area (TPSA) is 92.8 Å². The number of halogens is 1. The summed E-state index contributed by atoms with van der Waals surface area (Å²) < 4.78 is 0. The van der Waals surface area contributed by atoms with E-state index in [1.54, 1.807) is 12.4 Å². The van der Waals surface area contributed by atoms with Crippen molar-refractivity contribution in [3.63, 3.8) is 0 Å². The van der Waals surface area contributed by atoms with Crippen LogP contribution in [-0.2, 0) is 13.0 Å². The lowest BCUT2D eigenvalue weighted by molar-refractivity contribution is 0.775. The Bertz CT molecular complexity index is 1220. The van der Waals surface area contributed by atoms with E-state index in [0.717, 1.165) is 39.8 Å². The first kappa shape index (κ1) is 22.6. The zero-order valence-electron chi connectivity index (χ0n) is 18.6. The minimum atomic E-state index is 0.0693. The van der Waals surface area contributed by atoms with E-state index >= 15 is 0 Å². The fraction of sp³-hybridized carbons (Fsp3) is 0.200. The van der Waals surface area contributed by atoms with Crippen LogP contribution in [0.2, 0.25) is 5.02 Å². The summed E-state index contributed by atoms with van der Waals surface area (Å²) in [6.07, 6.45) is 4.21. The van der Waals surface area contributed by atoms with Gasteiger partial charge in [-0.2, -0.15) is 4.98 Å². The van der Waals surface area contributed by atoms with Crippen LogP contribution < -0.4 is 16.0 Å². The van der Waals surface area contributed by atoms with E-state index < -0.39 is 0 Å². The Morgan fingerprint density at radius 2 is 1.70 bits per heavy atom. The molecule has 3 N–H and O–H groups in total. The molecule has 7 nitrogen and oxygen atoms in total. The molecule has 0 saturated heterocycles. The van der Waals surface area contributed by atoms with E-state index in [9.17, 15) is 0 Å². The number of hydrogen-bond acceptors (Lipinski definition) is 7. The summed E-state index contributed by atoms with van der Waals surface area (Å²) in [6.45, 7) is 2.56. The first-order valence-corrected chi connectivity index (χ1v) is 11.1. The van der Waals surface area contributed by atoms with Crippen LogP contribution in [-0.4, -0.2) is 33.0 Å². The molecule has 0 unspecified atom stereocenters. The number of hydrogen-bond donors (Lipinski definition) is 2. The van der Waals surface area contributed by atoms with Crippen molar-refractivity contribution in [2.75, 3.05) is 17.3 Å². The minimum absolute atomic E-state index is 0.0693. The molecule has 0 fully saturated rings. The van der Waals surface area contributed by atoms with E-state index in [2.05, 4.69) is 27.2 Å². The van der Waals surface area contributed by atoms with Gasteiger partial charge >= 0.3 is 0 Å². The Morgan fingerprint density at radius 3 is 2.45 bits per heavy atom. The maximum absolute atomic E-state index is 6.37. The van der Waals surface area contributed by atoms with Gasteiger partial charge in [-0.25, -0.2) is 15.0 Å². The van der Waals surface area contributed by atoms with Crippen LogP contribution in [0.5, 0.6) is 0 Å². The molecular weight excluding hydrogens is 434 g/mol. The van der Waals surface area contributed by atoms with Crippen molar-refractivity contribution in [1.29, 1.82) is 0 Å². The number of nitrogens with zero attached hydrogens (tertiary/aromatic N) is 5. The van der Waals surface area contributed by atoms with Gasteiger partial charge in [-0.1, -0.05) is 54.1 Å². The van der Waals surface area contributed by atoms with Gasteiger partial charge in [0.1, 0.15) is 11.6 Å². The summed E-state index contributed by atoms with van der Waals surface area (Å²) >= 11 is 6.37. The molecule has 0 aliphatic carbocycles. The molecular formula is C25H26ClN7. The van der Waals surface area contributed by atoms with Gasteiger partial charge < -0.3 is 16.0 Å². The average Bonchev–Trinajstić information content (AvgIpc) is 2.85. The number of anilines is 3. The quantitative estimate of drug-likeness (QED) is 0.388. The minimum Gasteiger partial charge on any atom is -0.351 e. The zero-order valence-corrected chi connectivity index (χ0v) is 19.4. The fourth-order valence-electron chi connectivity index (χ4n) is 3.50. The van der Waals surface area contributed by atoms with Crippen LogP contribution >= 0.6 is 11.6 Å². The highest BCUT2D eigenvalue weighted by Crippen LogP contribution is 2.24.